The van der Waals surface area contributed by atoms with Crippen LogP contribution in [0.5, 0.6) is 0 Å². The second-order valence-corrected chi connectivity index (χ2v) is 3.92. The Morgan fingerprint density at radius 3 is 2.62 bits per heavy atom. The van der Waals surface area contributed by atoms with Crippen LogP contribution in [-0.2, 0) is 9.53 Å². The van der Waals surface area contributed by atoms with Crippen LogP contribution in [0.4, 0.5) is 4.79 Å². The molecule has 6 nitrogen and oxygen atoms in total. The highest BCUT2D eigenvalue weighted by molar-refractivity contribution is 5.82. The standard InChI is InChI=1S/C10H18N2O4/c1-16-6-5-8(9(13)14)12-10(15)11-7-3-2-4-7/h7-8H,2-6H2,1H3,(H,13,14)(H2,11,12,15). The van der Waals surface area contributed by atoms with Crippen molar-refractivity contribution in [3.8, 4) is 0 Å². The van der Waals surface area contributed by atoms with Crippen molar-refractivity contribution in [2.45, 2.75) is 37.8 Å². The fourth-order valence-corrected chi connectivity index (χ4v) is 1.43. The first-order valence-corrected chi connectivity index (χ1v) is 5.42. The topological polar surface area (TPSA) is 87.7 Å². The van der Waals surface area contributed by atoms with Crippen LogP contribution in [0.25, 0.3) is 0 Å². The number of carboxylic acids is 1. The van der Waals surface area contributed by atoms with Gasteiger partial charge in [0.15, 0.2) is 0 Å². The number of hydrogen-bond acceptors (Lipinski definition) is 3. The van der Waals surface area contributed by atoms with Gasteiger partial charge in [0.25, 0.3) is 0 Å². The molecule has 2 amide bonds. The van der Waals surface area contributed by atoms with Gasteiger partial charge in [0.05, 0.1) is 0 Å². The minimum absolute atomic E-state index is 0.205. The average molecular weight is 230 g/mol. The third-order valence-electron chi connectivity index (χ3n) is 2.65. The van der Waals surface area contributed by atoms with Crippen LogP contribution in [0.15, 0.2) is 0 Å². The highest BCUT2D eigenvalue weighted by atomic mass is 16.5. The maximum absolute atomic E-state index is 11.4. The van der Waals surface area contributed by atoms with Crippen molar-refractivity contribution < 1.29 is 19.4 Å². The number of urea groups is 1. The Morgan fingerprint density at radius 1 is 1.50 bits per heavy atom. The molecule has 1 aliphatic rings. The lowest BCUT2D eigenvalue weighted by atomic mass is 9.93. The van der Waals surface area contributed by atoms with Gasteiger partial charge in [-0.05, 0) is 19.3 Å². The van der Waals surface area contributed by atoms with E-state index in [0.29, 0.717) is 6.61 Å². The van der Waals surface area contributed by atoms with Crippen LogP contribution in [-0.4, -0.2) is 42.9 Å². The Labute approximate surface area is 94.3 Å². The molecule has 1 fully saturated rings. The fourth-order valence-electron chi connectivity index (χ4n) is 1.43. The van der Waals surface area contributed by atoms with Gasteiger partial charge < -0.3 is 20.5 Å². The van der Waals surface area contributed by atoms with E-state index in [-0.39, 0.29) is 12.5 Å². The molecular formula is C10H18N2O4. The van der Waals surface area contributed by atoms with Crippen molar-refractivity contribution in [1.82, 2.24) is 10.6 Å². The van der Waals surface area contributed by atoms with Crippen LogP contribution in [0.1, 0.15) is 25.7 Å². The second-order valence-electron chi connectivity index (χ2n) is 3.92. The lowest BCUT2D eigenvalue weighted by molar-refractivity contribution is -0.139. The molecule has 0 aromatic rings. The van der Waals surface area contributed by atoms with E-state index in [4.69, 9.17) is 9.84 Å². The van der Waals surface area contributed by atoms with Gasteiger partial charge in [-0.25, -0.2) is 9.59 Å². The first kappa shape index (κ1) is 12.8. The number of hydrogen-bond donors (Lipinski definition) is 3. The van der Waals surface area contributed by atoms with Crippen LogP contribution in [0, 0.1) is 0 Å². The zero-order valence-corrected chi connectivity index (χ0v) is 9.36. The summed E-state index contributed by atoms with van der Waals surface area (Å²) in [5, 5.41) is 14.0. The summed E-state index contributed by atoms with van der Waals surface area (Å²) in [6, 6.07) is -1.09. The molecule has 3 N–H and O–H groups in total. The molecule has 1 rings (SSSR count). The maximum Gasteiger partial charge on any atom is 0.326 e. The zero-order chi connectivity index (χ0) is 12.0. The fraction of sp³-hybridized carbons (Fsp3) is 0.800. The van der Waals surface area contributed by atoms with E-state index in [0.717, 1.165) is 19.3 Å². The Morgan fingerprint density at radius 2 is 2.19 bits per heavy atom. The predicted octanol–water partition coefficient (Wildman–Crippen LogP) is 0.328. The highest BCUT2D eigenvalue weighted by Crippen LogP contribution is 2.17. The summed E-state index contributed by atoms with van der Waals surface area (Å²) >= 11 is 0. The minimum atomic E-state index is -1.04. The first-order chi connectivity index (χ1) is 7.63. The first-order valence-electron chi connectivity index (χ1n) is 5.42. The molecule has 92 valence electrons. The van der Waals surface area contributed by atoms with Crippen LogP contribution in [0.2, 0.25) is 0 Å². The molecule has 0 aliphatic heterocycles. The second kappa shape index (κ2) is 6.32. The van der Waals surface area contributed by atoms with Gasteiger partial charge in [0.2, 0.25) is 0 Å². The smallest absolute Gasteiger partial charge is 0.326 e. The molecule has 1 atom stereocenters. The van der Waals surface area contributed by atoms with E-state index in [2.05, 4.69) is 10.6 Å². The molecule has 1 unspecified atom stereocenters. The molecule has 0 bridgehead atoms. The molecule has 1 aliphatic carbocycles. The molecule has 0 aromatic carbocycles. The maximum atomic E-state index is 11.4. The summed E-state index contributed by atoms with van der Waals surface area (Å²) < 4.78 is 4.78. The van der Waals surface area contributed by atoms with Gasteiger partial charge in [0, 0.05) is 26.2 Å². The number of methoxy groups -OCH3 is 1. The van der Waals surface area contributed by atoms with Crippen molar-refractivity contribution in [2.75, 3.05) is 13.7 Å². The number of aliphatic carboxylic acids is 1. The van der Waals surface area contributed by atoms with Gasteiger partial charge in [-0.1, -0.05) is 0 Å². The lowest BCUT2D eigenvalue weighted by Gasteiger charge is -2.27. The summed E-state index contributed by atoms with van der Waals surface area (Å²) in [5.74, 6) is -1.04. The highest BCUT2D eigenvalue weighted by Gasteiger charge is 2.23. The Balaban J connectivity index is 2.28. The molecule has 16 heavy (non-hydrogen) atoms. The van der Waals surface area contributed by atoms with Crippen LogP contribution < -0.4 is 10.6 Å². The lowest BCUT2D eigenvalue weighted by Crippen LogP contribution is -2.50. The summed E-state index contributed by atoms with van der Waals surface area (Å²) in [5.41, 5.74) is 0. The number of carboxylic acid groups (broad SMARTS) is 1. The Hall–Kier alpha value is -1.30. The number of carbonyl (C=O) groups is 2. The molecular weight excluding hydrogens is 212 g/mol. The van der Waals surface area contributed by atoms with Gasteiger partial charge in [0.1, 0.15) is 6.04 Å². The summed E-state index contributed by atoms with van der Waals surface area (Å²) in [4.78, 5) is 22.2. The molecule has 0 spiro atoms. The molecule has 0 heterocycles. The average Bonchev–Trinajstić information content (AvgIpc) is 2.18. The van der Waals surface area contributed by atoms with E-state index in [1.54, 1.807) is 0 Å². The van der Waals surface area contributed by atoms with Gasteiger partial charge in [-0.2, -0.15) is 0 Å². The predicted molar refractivity (Wildman–Crippen MR) is 57.2 cm³/mol. The van der Waals surface area contributed by atoms with Crippen molar-refractivity contribution in [3.63, 3.8) is 0 Å². The van der Waals surface area contributed by atoms with Crippen molar-refractivity contribution >= 4 is 12.0 Å². The summed E-state index contributed by atoms with van der Waals surface area (Å²) in [6.07, 6.45) is 3.34. The van der Waals surface area contributed by atoms with E-state index >= 15 is 0 Å². The van der Waals surface area contributed by atoms with Crippen LogP contribution in [0.3, 0.4) is 0 Å². The van der Waals surface area contributed by atoms with Gasteiger partial charge in [-0.15, -0.1) is 0 Å². The van der Waals surface area contributed by atoms with Crippen molar-refractivity contribution in [3.05, 3.63) is 0 Å². The minimum Gasteiger partial charge on any atom is -0.480 e. The Bertz CT molecular complexity index is 253. The van der Waals surface area contributed by atoms with E-state index < -0.39 is 18.0 Å². The summed E-state index contributed by atoms with van der Waals surface area (Å²) in [7, 11) is 1.49. The van der Waals surface area contributed by atoms with Crippen molar-refractivity contribution in [2.24, 2.45) is 0 Å². The van der Waals surface area contributed by atoms with Crippen molar-refractivity contribution in [1.29, 1.82) is 0 Å². The number of nitrogens with one attached hydrogen (secondary N) is 2. The monoisotopic (exact) mass is 230 g/mol. The number of ether oxygens (including phenoxy) is 1. The van der Waals surface area contributed by atoms with Crippen LogP contribution >= 0.6 is 0 Å². The molecule has 0 saturated heterocycles. The third-order valence-corrected chi connectivity index (χ3v) is 2.65. The largest absolute Gasteiger partial charge is 0.480 e. The number of carbonyl (C=O) groups excluding carboxylic acids is 1. The third kappa shape index (κ3) is 4.06. The molecule has 1 saturated carbocycles. The number of amides is 2. The van der Waals surface area contributed by atoms with E-state index in [1.807, 2.05) is 0 Å². The zero-order valence-electron chi connectivity index (χ0n) is 9.36. The normalized spacial score (nSPS) is 17.3. The van der Waals surface area contributed by atoms with Gasteiger partial charge in [-0.3, -0.25) is 0 Å². The van der Waals surface area contributed by atoms with E-state index in [9.17, 15) is 9.59 Å². The molecule has 0 radical (unpaired) electrons. The van der Waals surface area contributed by atoms with Gasteiger partial charge >= 0.3 is 12.0 Å². The Kier molecular flexibility index (Phi) is 5.04. The molecule has 0 aromatic heterocycles. The quantitative estimate of drug-likeness (QED) is 0.613. The summed E-state index contributed by atoms with van der Waals surface area (Å²) in [6.45, 7) is 0.306. The van der Waals surface area contributed by atoms with E-state index in [1.165, 1.54) is 7.11 Å². The number of rotatable bonds is 6. The molecule has 6 heteroatoms. The SMILES string of the molecule is COCCC(NC(=O)NC1CCC1)C(=O)O.